The molecule has 1 fully saturated rings. The molecule has 0 aliphatic heterocycles. The van der Waals surface area contributed by atoms with Crippen LogP contribution in [0.4, 0.5) is 11.4 Å². The van der Waals surface area contributed by atoms with Gasteiger partial charge in [0.25, 0.3) is 0 Å². The van der Waals surface area contributed by atoms with Gasteiger partial charge in [0.2, 0.25) is 0 Å². The Hall–Kier alpha value is -2.91. The molecule has 32 heavy (non-hydrogen) atoms. The van der Waals surface area contributed by atoms with E-state index < -0.39 is 40.3 Å². The van der Waals surface area contributed by atoms with Crippen molar-refractivity contribution in [2.24, 2.45) is 5.92 Å². The highest BCUT2D eigenvalue weighted by atomic mass is 16.6. The molecule has 0 atom stereocenters. The molecule has 182 valence electrons. The van der Waals surface area contributed by atoms with E-state index >= 15 is 0 Å². The lowest BCUT2D eigenvalue weighted by Crippen LogP contribution is -2.34. The number of carbonyl (C=O) groups excluding carboxylic acids is 2. The van der Waals surface area contributed by atoms with E-state index in [2.05, 4.69) is 11.7 Å². The summed E-state index contributed by atoms with van der Waals surface area (Å²) >= 11 is 0. The second-order valence-electron chi connectivity index (χ2n) is 8.37. The fraction of sp³-hybridized carbons (Fsp3) is 0.682. The predicted octanol–water partition coefficient (Wildman–Crippen LogP) is 3.46. The number of aryl methyl sites for hydroxylation is 1. The van der Waals surface area contributed by atoms with Crippen LogP contribution in [0, 0.1) is 23.0 Å². The zero-order valence-electron chi connectivity index (χ0n) is 20.7. The van der Waals surface area contributed by atoms with Crippen LogP contribution in [0.25, 0.3) is 0 Å². The van der Waals surface area contributed by atoms with Gasteiger partial charge in [0.15, 0.2) is 0 Å². The van der Waals surface area contributed by atoms with Gasteiger partial charge in [0.05, 0.1) is 12.0 Å². The molecule has 1 heterocycles. The number of pyridine rings is 1. The van der Waals surface area contributed by atoms with Crippen molar-refractivity contribution in [1.82, 2.24) is 4.57 Å². The third kappa shape index (κ3) is 9.93. The molecule has 0 bridgehead atoms. The summed E-state index contributed by atoms with van der Waals surface area (Å²) in [5.74, 6) is -0.218. The van der Waals surface area contributed by atoms with Crippen molar-refractivity contribution in [1.29, 1.82) is 0 Å². The van der Waals surface area contributed by atoms with E-state index in [9.17, 15) is 24.5 Å². The van der Waals surface area contributed by atoms with Gasteiger partial charge in [-0.15, -0.1) is 0 Å². The lowest BCUT2D eigenvalue weighted by Gasteiger charge is -2.22. The number of esters is 2. The maximum absolute atomic E-state index is 12.6. The van der Waals surface area contributed by atoms with Crippen molar-refractivity contribution in [2.45, 2.75) is 73.5 Å². The third-order valence-corrected chi connectivity index (χ3v) is 4.22. The highest BCUT2D eigenvalue weighted by Gasteiger charge is 2.28. The Morgan fingerprint density at radius 1 is 1.25 bits per heavy atom. The molecule has 1 aromatic rings. The molecule has 10 heteroatoms. The first kappa shape index (κ1) is 29.1. The molecule has 1 saturated carbocycles. The summed E-state index contributed by atoms with van der Waals surface area (Å²) in [7, 11) is 2.62. The highest BCUT2D eigenvalue weighted by molar-refractivity contribution is 5.77. The van der Waals surface area contributed by atoms with Gasteiger partial charge in [0.1, 0.15) is 24.4 Å². The maximum Gasteiger partial charge on any atom is 0.357 e. The predicted molar refractivity (Wildman–Crippen MR) is 123 cm³/mol. The van der Waals surface area contributed by atoms with Crippen molar-refractivity contribution in [3.8, 4) is 0 Å². The summed E-state index contributed by atoms with van der Waals surface area (Å²) in [4.78, 5) is 47.8. The molecular weight excluding hydrogens is 418 g/mol. The van der Waals surface area contributed by atoms with Crippen LogP contribution in [-0.2, 0) is 25.6 Å². The van der Waals surface area contributed by atoms with Crippen molar-refractivity contribution in [3.05, 3.63) is 32.2 Å². The van der Waals surface area contributed by atoms with Gasteiger partial charge in [-0.05, 0) is 39.7 Å². The molecule has 0 N–H and O–H groups in total. The summed E-state index contributed by atoms with van der Waals surface area (Å²) in [5.41, 5.74) is -2.15. The quantitative estimate of drug-likeness (QED) is 0.363. The van der Waals surface area contributed by atoms with E-state index in [-0.39, 0.29) is 12.2 Å². The van der Waals surface area contributed by atoms with Crippen LogP contribution in [0.3, 0.4) is 0 Å². The van der Waals surface area contributed by atoms with Crippen LogP contribution in [0.1, 0.15) is 60.1 Å². The number of rotatable bonds is 6. The van der Waals surface area contributed by atoms with Gasteiger partial charge >= 0.3 is 23.2 Å². The number of ether oxygens (including phenoxy) is 2. The fourth-order valence-corrected chi connectivity index (χ4v) is 2.41. The molecule has 0 unspecified atom stereocenters. The van der Waals surface area contributed by atoms with Crippen LogP contribution in [0.15, 0.2) is 10.9 Å². The van der Waals surface area contributed by atoms with Gasteiger partial charge in [0, 0.05) is 12.7 Å². The minimum atomic E-state index is -0.951. The Bertz CT molecular complexity index is 852. The first-order valence-corrected chi connectivity index (χ1v) is 10.7. The number of anilines is 1. The van der Waals surface area contributed by atoms with Crippen LogP contribution in [-0.4, -0.2) is 47.7 Å². The molecule has 1 aliphatic carbocycles. The SMILES string of the molecule is CC.CC1CC1.COC(=O)CN(C)c1cc(C)n(CC(=O)OC(C)(C)C)c(=O)c1[N+](=O)[O-]. The zero-order valence-corrected chi connectivity index (χ0v) is 20.7. The summed E-state index contributed by atoms with van der Waals surface area (Å²) < 4.78 is 10.7. The molecule has 1 aliphatic rings. The number of hydrogen-bond donors (Lipinski definition) is 0. The molecule has 10 nitrogen and oxygen atoms in total. The van der Waals surface area contributed by atoms with Crippen molar-refractivity contribution in [3.63, 3.8) is 0 Å². The van der Waals surface area contributed by atoms with Gasteiger partial charge in [-0.1, -0.05) is 33.6 Å². The van der Waals surface area contributed by atoms with Gasteiger partial charge in [-0.2, -0.15) is 0 Å². The molecule has 2 rings (SSSR count). The highest BCUT2D eigenvalue weighted by Crippen LogP contribution is 2.27. The van der Waals surface area contributed by atoms with Gasteiger partial charge in [-0.25, -0.2) is 0 Å². The number of hydrogen-bond acceptors (Lipinski definition) is 8. The number of aromatic nitrogens is 1. The first-order valence-electron chi connectivity index (χ1n) is 10.7. The van der Waals surface area contributed by atoms with Crippen molar-refractivity contribution < 1.29 is 24.0 Å². The van der Waals surface area contributed by atoms with Gasteiger partial charge in [-0.3, -0.25) is 29.1 Å². The Labute approximate surface area is 189 Å². The molecule has 0 amide bonds. The second kappa shape index (κ2) is 12.8. The number of carbonyl (C=O) groups is 2. The van der Waals surface area contributed by atoms with E-state index in [1.54, 1.807) is 20.8 Å². The molecule has 0 radical (unpaired) electrons. The van der Waals surface area contributed by atoms with E-state index in [0.717, 1.165) is 10.5 Å². The van der Waals surface area contributed by atoms with Crippen LogP contribution in [0.5, 0.6) is 0 Å². The van der Waals surface area contributed by atoms with Crippen molar-refractivity contribution in [2.75, 3.05) is 25.6 Å². The van der Waals surface area contributed by atoms with Crippen LogP contribution >= 0.6 is 0 Å². The Morgan fingerprint density at radius 2 is 1.75 bits per heavy atom. The lowest BCUT2D eigenvalue weighted by molar-refractivity contribution is -0.385. The van der Waals surface area contributed by atoms with E-state index in [4.69, 9.17) is 4.74 Å². The van der Waals surface area contributed by atoms with Crippen LogP contribution in [0.2, 0.25) is 0 Å². The standard InChI is InChI=1S/C16H23N3O7.C4H8.C2H6/c1-10-7-11(17(5)8-12(20)25-6)14(19(23)24)15(22)18(10)9-13(21)26-16(2,3)4;1-4-2-3-4;1-2/h7H,8-9H2,1-6H3;4H,2-3H2,1H3;1-2H3. The second-order valence-corrected chi connectivity index (χ2v) is 8.37. The summed E-state index contributed by atoms with van der Waals surface area (Å²) in [6.07, 6.45) is 2.97. The van der Waals surface area contributed by atoms with E-state index in [1.807, 2.05) is 13.8 Å². The van der Waals surface area contributed by atoms with Crippen molar-refractivity contribution >= 4 is 23.3 Å². The number of methoxy groups -OCH3 is 1. The van der Waals surface area contributed by atoms with Crippen LogP contribution < -0.4 is 10.5 Å². The van der Waals surface area contributed by atoms with E-state index in [0.29, 0.717) is 5.69 Å². The maximum atomic E-state index is 12.6. The third-order valence-electron chi connectivity index (χ3n) is 4.22. The normalized spacial score (nSPS) is 12.4. The fourth-order valence-electron chi connectivity index (χ4n) is 2.41. The minimum absolute atomic E-state index is 0.0386. The minimum Gasteiger partial charge on any atom is -0.468 e. The topological polar surface area (TPSA) is 121 Å². The Balaban J connectivity index is 0.00000140. The van der Waals surface area contributed by atoms with E-state index in [1.165, 1.54) is 44.9 Å². The number of likely N-dealkylation sites (N-methyl/N-ethyl adjacent to an activating group) is 1. The molecule has 0 saturated heterocycles. The number of nitrogens with zero attached hydrogens (tertiary/aromatic N) is 3. The summed E-state index contributed by atoms with van der Waals surface area (Å²) in [6.45, 7) is 12.1. The Kier molecular flexibility index (Phi) is 11.7. The molecule has 0 spiro atoms. The van der Waals surface area contributed by atoms with Gasteiger partial charge < -0.3 is 14.4 Å². The summed E-state index contributed by atoms with van der Waals surface area (Å²) in [6, 6.07) is 1.37. The monoisotopic (exact) mass is 455 g/mol. The molecular formula is C22H37N3O7. The average molecular weight is 456 g/mol. The Morgan fingerprint density at radius 3 is 2.12 bits per heavy atom. The zero-order chi connectivity index (χ0) is 25.2. The largest absolute Gasteiger partial charge is 0.468 e. The lowest BCUT2D eigenvalue weighted by atomic mass is 10.2. The smallest absolute Gasteiger partial charge is 0.357 e. The summed E-state index contributed by atoms with van der Waals surface area (Å²) in [5, 5.41) is 11.4. The molecule has 1 aromatic heterocycles. The average Bonchev–Trinajstić information content (AvgIpc) is 3.46. The first-order chi connectivity index (χ1) is 14.8. The number of nitro groups is 1. The molecule has 0 aromatic carbocycles.